The van der Waals surface area contributed by atoms with E-state index in [-0.39, 0.29) is 6.10 Å². The third kappa shape index (κ3) is 2.38. The van der Waals surface area contributed by atoms with Gasteiger partial charge in [-0.1, -0.05) is 24.3 Å². The normalized spacial score (nSPS) is 31.7. The zero-order valence-corrected chi connectivity index (χ0v) is 10.2. The van der Waals surface area contributed by atoms with Gasteiger partial charge in [0, 0.05) is 6.04 Å². The van der Waals surface area contributed by atoms with Crippen LogP contribution in [-0.4, -0.2) is 17.8 Å². The fourth-order valence-electron chi connectivity index (χ4n) is 3.14. The van der Waals surface area contributed by atoms with Crippen LogP contribution in [0.3, 0.4) is 0 Å². The first-order chi connectivity index (χ1) is 8.33. The number of aliphatic hydroxyl groups excluding tert-OH is 1. The molecule has 2 aliphatic carbocycles. The summed E-state index contributed by atoms with van der Waals surface area (Å²) in [6, 6.07) is 9.35. The molecular weight excluding hydrogens is 210 g/mol. The Bertz CT molecular complexity index is 384. The minimum atomic E-state index is -0.0274. The van der Waals surface area contributed by atoms with Gasteiger partial charge in [0.25, 0.3) is 0 Å². The monoisotopic (exact) mass is 231 g/mol. The third-order valence-corrected chi connectivity index (χ3v) is 4.23. The molecule has 92 valence electrons. The van der Waals surface area contributed by atoms with Crippen molar-refractivity contribution in [3.63, 3.8) is 0 Å². The van der Waals surface area contributed by atoms with Crippen LogP contribution in [-0.2, 0) is 6.42 Å². The van der Waals surface area contributed by atoms with E-state index in [1.54, 1.807) is 0 Å². The van der Waals surface area contributed by atoms with E-state index in [0.29, 0.717) is 12.0 Å². The summed E-state index contributed by atoms with van der Waals surface area (Å²) in [4.78, 5) is 0. The molecule has 1 saturated carbocycles. The molecular formula is C15H21NO. The Labute approximate surface area is 103 Å². The molecule has 17 heavy (non-hydrogen) atoms. The number of hydrogen-bond donors (Lipinski definition) is 2. The molecule has 0 aromatic heterocycles. The van der Waals surface area contributed by atoms with Gasteiger partial charge < -0.3 is 10.4 Å². The van der Waals surface area contributed by atoms with Crippen molar-refractivity contribution in [2.24, 2.45) is 5.92 Å². The van der Waals surface area contributed by atoms with E-state index in [1.165, 1.54) is 30.4 Å². The van der Waals surface area contributed by atoms with Crippen molar-refractivity contribution in [2.45, 2.75) is 44.2 Å². The van der Waals surface area contributed by atoms with Crippen LogP contribution in [0, 0.1) is 5.92 Å². The zero-order valence-electron chi connectivity index (χ0n) is 10.2. The predicted molar refractivity (Wildman–Crippen MR) is 68.9 cm³/mol. The van der Waals surface area contributed by atoms with E-state index in [1.807, 2.05) is 0 Å². The average Bonchev–Trinajstić information content (AvgIpc) is 2.33. The van der Waals surface area contributed by atoms with Crippen LogP contribution < -0.4 is 5.32 Å². The Kier molecular flexibility index (Phi) is 3.17. The molecule has 0 saturated heterocycles. The molecule has 2 nitrogen and oxygen atoms in total. The molecule has 0 spiro atoms. The van der Waals surface area contributed by atoms with E-state index in [2.05, 4.69) is 29.6 Å². The summed E-state index contributed by atoms with van der Waals surface area (Å²) in [5.41, 5.74) is 3.02. The first kappa shape index (κ1) is 11.2. The lowest BCUT2D eigenvalue weighted by atomic mass is 9.81. The second-order valence-electron chi connectivity index (χ2n) is 5.54. The summed E-state index contributed by atoms with van der Waals surface area (Å²) >= 11 is 0. The van der Waals surface area contributed by atoms with Crippen molar-refractivity contribution in [3.05, 3.63) is 35.4 Å². The van der Waals surface area contributed by atoms with Crippen LogP contribution in [0.25, 0.3) is 0 Å². The van der Waals surface area contributed by atoms with Crippen molar-refractivity contribution in [1.82, 2.24) is 5.32 Å². The first-order valence-corrected chi connectivity index (χ1v) is 6.82. The smallest absolute Gasteiger partial charge is 0.0546 e. The highest BCUT2D eigenvalue weighted by atomic mass is 16.3. The Morgan fingerprint density at radius 2 is 2.06 bits per heavy atom. The number of aliphatic hydroxyl groups is 1. The van der Waals surface area contributed by atoms with Crippen LogP contribution in [0.4, 0.5) is 0 Å². The number of rotatable bonds is 3. The molecule has 1 fully saturated rings. The molecule has 1 aromatic carbocycles. The van der Waals surface area contributed by atoms with Crippen molar-refractivity contribution in [3.8, 4) is 0 Å². The van der Waals surface area contributed by atoms with Gasteiger partial charge in [0.15, 0.2) is 0 Å². The average molecular weight is 231 g/mol. The molecule has 1 atom stereocenters. The van der Waals surface area contributed by atoms with Crippen molar-refractivity contribution < 1.29 is 5.11 Å². The Hall–Kier alpha value is -0.860. The van der Waals surface area contributed by atoms with Gasteiger partial charge in [-0.05, 0) is 55.7 Å². The first-order valence-electron chi connectivity index (χ1n) is 6.82. The number of benzene rings is 1. The predicted octanol–water partition coefficient (Wildman–Crippen LogP) is 2.42. The molecule has 1 aromatic rings. The fraction of sp³-hybridized carbons (Fsp3) is 0.600. The number of hydrogen-bond acceptors (Lipinski definition) is 2. The molecule has 3 rings (SSSR count). The fourth-order valence-corrected chi connectivity index (χ4v) is 3.14. The Morgan fingerprint density at radius 1 is 1.24 bits per heavy atom. The van der Waals surface area contributed by atoms with Gasteiger partial charge in [-0.25, -0.2) is 0 Å². The lowest BCUT2D eigenvalue weighted by Crippen LogP contribution is -2.38. The molecule has 2 aliphatic rings. The molecule has 0 heterocycles. The molecule has 2 heteroatoms. The second kappa shape index (κ2) is 4.79. The highest BCUT2D eigenvalue weighted by molar-refractivity contribution is 5.32. The van der Waals surface area contributed by atoms with Gasteiger partial charge in [-0.2, -0.15) is 0 Å². The van der Waals surface area contributed by atoms with Crippen LogP contribution >= 0.6 is 0 Å². The largest absolute Gasteiger partial charge is 0.393 e. The maximum absolute atomic E-state index is 9.29. The summed E-state index contributed by atoms with van der Waals surface area (Å²) in [5, 5.41) is 13.0. The minimum absolute atomic E-state index is 0.0274. The topological polar surface area (TPSA) is 32.3 Å². The standard InChI is InChI=1S/C15H21NO/c17-13-8-11(9-13)10-16-15-7-3-5-12-4-1-2-6-14(12)15/h1-2,4,6,11,13,15-17H,3,5,7-10H2. The maximum Gasteiger partial charge on any atom is 0.0546 e. The zero-order chi connectivity index (χ0) is 11.7. The van der Waals surface area contributed by atoms with Crippen molar-refractivity contribution in [1.29, 1.82) is 0 Å². The van der Waals surface area contributed by atoms with Crippen LogP contribution in [0.5, 0.6) is 0 Å². The number of fused-ring (bicyclic) bond motifs is 1. The van der Waals surface area contributed by atoms with E-state index in [4.69, 9.17) is 0 Å². The molecule has 0 amide bonds. The molecule has 0 bridgehead atoms. The molecule has 0 aliphatic heterocycles. The summed E-state index contributed by atoms with van der Waals surface area (Å²) in [7, 11) is 0. The highest BCUT2D eigenvalue weighted by Crippen LogP contribution is 2.31. The summed E-state index contributed by atoms with van der Waals surface area (Å²) in [6.07, 6.45) is 5.73. The highest BCUT2D eigenvalue weighted by Gasteiger charge is 2.28. The maximum atomic E-state index is 9.29. The van der Waals surface area contributed by atoms with Crippen LogP contribution in [0.1, 0.15) is 42.9 Å². The Morgan fingerprint density at radius 3 is 2.88 bits per heavy atom. The van der Waals surface area contributed by atoms with E-state index >= 15 is 0 Å². The van der Waals surface area contributed by atoms with Crippen LogP contribution in [0.15, 0.2) is 24.3 Å². The van der Waals surface area contributed by atoms with Gasteiger partial charge in [-0.3, -0.25) is 0 Å². The van der Waals surface area contributed by atoms with Crippen LogP contribution in [0.2, 0.25) is 0 Å². The van der Waals surface area contributed by atoms with Gasteiger partial charge in [0.05, 0.1) is 6.10 Å². The van der Waals surface area contributed by atoms with Crippen molar-refractivity contribution in [2.75, 3.05) is 6.54 Å². The lowest BCUT2D eigenvalue weighted by molar-refractivity contribution is 0.0415. The molecule has 2 N–H and O–H groups in total. The minimum Gasteiger partial charge on any atom is -0.393 e. The third-order valence-electron chi connectivity index (χ3n) is 4.23. The van der Waals surface area contributed by atoms with E-state index in [9.17, 15) is 5.11 Å². The van der Waals surface area contributed by atoms with E-state index in [0.717, 1.165) is 19.4 Å². The summed E-state index contributed by atoms with van der Waals surface area (Å²) in [6.45, 7) is 1.07. The quantitative estimate of drug-likeness (QED) is 0.837. The Balaban J connectivity index is 1.61. The van der Waals surface area contributed by atoms with Gasteiger partial charge in [0.1, 0.15) is 0 Å². The molecule has 1 unspecified atom stereocenters. The van der Waals surface area contributed by atoms with Crippen molar-refractivity contribution >= 4 is 0 Å². The molecule has 0 radical (unpaired) electrons. The second-order valence-corrected chi connectivity index (χ2v) is 5.54. The SMILES string of the molecule is OC1CC(CNC2CCCc3ccccc32)C1. The summed E-state index contributed by atoms with van der Waals surface area (Å²) < 4.78 is 0. The number of aryl methyl sites for hydroxylation is 1. The van der Waals surface area contributed by atoms with Gasteiger partial charge in [0.2, 0.25) is 0 Å². The summed E-state index contributed by atoms with van der Waals surface area (Å²) in [5.74, 6) is 0.694. The lowest BCUT2D eigenvalue weighted by Gasteiger charge is -2.34. The number of nitrogens with one attached hydrogen (secondary N) is 1. The van der Waals surface area contributed by atoms with E-state index < -0.39 is 0 Å². The van der Waals surface area contributed by atoms with Gasteiger partial charge >= 0.3 is 0 Å². The van der Waals surface area contributed by atoms with Gasteiger partial charge in [-0.15, -0.1) is 0 Å².